The summed E-state index contributed by atoms with van der Waals surface area (Å²) in [5.41, 5.74) is 0.518. The van der Waals surface area contributed by atoms with E-state index in [0.717, 1.165) is 10.4 Å². The lowest BCUT2D eigenvalue weighted by atomic mass is 10.2. The van der Waals surface area contributed by atoms with E-state index in [-0.39, 0.29) is 10.6 Å². The fourth-order valence-corrected chi connectivity index (χ4v) is 3.93. The maximum Gasteiger partial charge on any atom is 0.270 e. The summed E-state index contributed by atoms with van der Waals surface area (Å²) in [5.74, 6) is 1.01. The van der Waals surface area contributed by atoms with E-state index in [2.05, 4.69) is 0 Å². The van der Waals surface area contributed by atoms with Crippen LogP contribution in [0.4, 0.5) is 11.4 Å². The second-order valence-corrected chi connectivity index (χ2v) is 7.45. The lowest BCUT2D eigenvalue weighted by Crippen LogP contribution is -2.27. The topological polar surface area (TPSA) is 99.0 Å². The summed E-state index contributed by atoms with van der Waals surface area (Å²) in [4.78, 5) is 10.2. The number of rotatable bonds is 4. The highest BCUT2D eigenvalue weighted by atomic mass is 32.2. The van der Waals surface area contributed by atoms with Crippen LogP contribution in [0.5, 0.6) is 11.5 Å². The van der Waals surface area contributed by atoms with Gasteiger partial charge >= 0.3 is 0 Å². The van der Waals surface area contributed by atoms with Gasteiger partial charge in [-0.1, -0.05) is 6.07 Å². The summed E-state index contributed by atoms with van der Waals surface area (Å²) in [6.07, 6.45) is 0. The van der Waals surface area contributed by atoms with Crippen molar-refractivity contribution in [1.29, 1.82) is 0 Å². The van der Waals surface area contributed by atoms with Gasteiger partial charge in [0, 0.05) is 25.2 Å². The summed E-state index contributed by atoms with van der Waals surface area (Å²) < 4.78 is 37.8. The molecule has 0 bridgehead atoms. The maximum atomic E-state index is 12.9. The van der Waals surface area contributed by atoms with Crippen molar-refractivity contribution in [3.63, 3.8) is 0 Å². The first-order chi connectivity index (χ1) is 11.8. The molecule has 0 saturated carbocycles. The lowest BCUT2D eigenvalue weighted by molar-refractivity contribution is -0.385. The molecule has 3 rings (SSSR count). The van der Waals surface area contributed by atoms with Crippen LogP contribution in [-0.4, -0.2) is 33.6 Å². The van der Waals surface area contributed by atoms with Gasteiger partial charge in [-0.15, -0.1) is 0 Å². The molecule has 0 spiro atoms. The summed E-state index contributed by atoms with van der Waals surface area (Å²) >= 11 is 0. The number of aryl methyl sites for hydroxylation is 1. The molecule has 0 amide bonds. The van der Waals surface area contributed by atoms with Crippen LogP contribution in [0.1, 0.15) is 5.56 Å². The van der Waals surface area contributed by atoms with Crippen LogP contribution >= 0.6 is 0 Å². The van der Waals surface area contributed by atoms with Crippen LogP contribution in [0, 0.1) is 17.0 Å². The van der Waals surface area contributed by atoms with Crippen LogP contribution in [0.2, 0.25) is 0 Å². The summed E-state index contributed by atoms with van der Waals surface area (Å²) in [5, 5.41) is 11.0. The third-order valence-corrected chi connectivity index (χ3v) is 5.84. The molecule has 0 N–H and O–H groups in total. The normalized spacial score (nSPS) is 13.4. The molecule has 0 aromatic heterocycles. The number of ether oxygens (including phenoxy) is 2. The molecule has 2 aromatic carbocycles. The minimum absolute atomic E-state index is 0.112. The molecule has 0 aliphatic carbocycles. The molecule has 25 heavy (non-hydrogen) atoms. The molecule has 9 heteroatoms. The molecule has 2 aromatic rings. The zero-order chi connectivity index (χ0) is 18.2. The highest BCUT2D eigenvalue weighted by Crippen LogP contribution is 2.35. The van der Waals surface area contributed by atoms with Gasteiger partial charge in [-0.05, 0) is 24.6 Å². The number of nitro groups is 1. The third-order valence-electron chi connectivity index (χ3n) is 3.91. The number of sulfonamides is 1. The largest absolute Gasteiger partial charge is 0.486 e. The number of anilines is 1. The molecular formula is C16H16N2O6S. The van der Waals surface area contributed by atoms with E-state index < -0.39 is 14.9 Å². The van der Waals surface area contributed by atoms with Crippen molar-refractivity contribution >= 4 is 21.4 Å². The van der Waals surface area contributed by atoms with E-state index in [1.165, 1.54) is 19.2 Å². The summed E-state index contributed by atoms with van der Waals surface area (Å²) in [6, 6.07) is 8.56. The first-order valence-electron chi connectivity index (χ1n) is 7.44. The number of fused-ring (bicyclic) bond motifs is 1. The van der Waals surface area contributed by atoms with E-state index in [4.69, 9.17) is 9.47 Å². The van der Waals surface area contributed by atoms with E-state index >= 15 is 0 Å². The molecular weight excluding hydrogens is 348 g/mol. The predicted molar refractivity (Wildman–Crippen MR) is 90.9 cm³/mol. The number of hydrogen-bond acceptors (Lipinski definition) is 6. The smallest absolute Gasteiger partial charge is 0.270 e. The lowest BCUT2D eigenvalue weighted by Gasteiger charge is -2.23. The zero-order valence-corrected chi connectivity index (χ0v) is 14.4. The first kappa shape index (κ1) is 17.0. The molecule has 132 valence electrons. The summed E-state index contributed by atoms with van der Waals surface area (Å²) in [6.45, 7) is 2.42. The van der Waals surface area contributed by atoms with Gasteiger partial charge in [0.2, 0.25) is 0 Å². The van der Waals surface area contributed by atoms with Crippen molar-refractivity contribution in [3.8, 4) is 11.5 Å². The Labute approximate surface area is 144 Å². The molecule has 0 radical (unpaired) electrons. The fraction of sp³-hybridized carbons (Fsp3) is 0.250. The zero-order valence-electron chi connectivity index (χ0n) is 13.6. The van der Waals surface area contributed by atoms with Crippen molar-refractivity contribution < 1.29 is 22.8 Å². The molecule has 0 unspecified atom stereocenters. The Morgan fingerprint density at radius 1 is 1.08 bits per heavy atom. The Morgan fingerprint density at radius 3 is 2.44 bits per heavy atom. The predicted octanol–water partition coefficient (Wildman–Crippen LogP) is 2.50. The monoisotopic (exact) mass is 364 g/mol. The molecule has 0 saturated heterocycles. The number of nitro benzene ring substituents is 1. The Kier molecular flexibility index (Phi) is 4.25. The number of benzene rings is 2. The molecule has 0 atom stereocenters. The first-order valence-corrected chi connectivity index (χ1v) is 8.88. The minimum atomic E-state index is -3.97. The number of non-ortho nitro benzene ring substituents is 1. The molecule has 8 nitrogen and oxygen atoms in total. The standard InChI is InChI=1S/C16H16N2O6S/c1-11-3-4-13(18(19)20)10-16(11)25(21,22)17(2)12-5-6-14-15(9-12)24-8-7-23-14/h3-6,9-10H,7-8H2,1-2H3. The second kappa shape index (κ2) is 6.25. The van der Waals surface area contributed by atoms with Gasteiger partial charge in [-0.25, -0.2) is 8.42 Å². The van der Waals surface area contributed by atoms with Gasteiger partial charge in [0.25, 0.3) is 15.7 Å². The van der Waals surface area contributed by atoms with Gasteiger partial charge in [0.05, 0.1) is 15.5 Å². The molecule has 1 aliphatic heterocycles. The van der Waals surface area contributed by atoms with Crippen molar-refractivity contribution in [2.75, 3.05) is 24.6 Å². The van der Waals surface area contributed by atoms with Gasteiger partial charge in [0.15, 0.2) is 11.5 Å². The Hall–Kier alpha value is -2.81. The van der Waals surface area contributed by atoms with Crippen molar-refractivity contribution in [3.05, 3.63) is 52.1 Å². The molecule has 0 fully saturated rings. The van der Waals surface area contributed by atoms with Gasteiger partial charge in [-0.2, -0.15) is 0 Å². The average Bonchev–Trinajstić information content (AvgIpc) is 2.60. The van der Waals surface area contributed by atoms with Crippen LogP contribution in [0.15, 0.2) is 41.3 Å². The Bertz CT molecular complexity index is 942. The molecule has 1 heterocycles. The van der Waals surface area contributed by atoms with E-state index in [1.54, 1.807) is 25.1 Å². The average molecular weight is 364 g/mol. The maximum absolute atomic E-state index is 12.9. The Morgan fingerprint density at radius 2 is 1.76 bits per heavy atom. The van der Waals surface area contributed by atoms with Crippen LogP contribution in [-0.2, 0) is 10.0 Å². The van der Waals surface area contributed by atoms with Crippen LogP contribution in [0.25, 0.3) is 0 Å². The van der Waals surface area contributed by atoms with Crippen molar-refractivity contribution in [2.45, 2.75) is 11.8 Å². The van der Waals surface area contributed by atoms with Crippen molar-refractivity contribution in [2.24, 2.45) is 0 Å². The van der Waals surface area contributed by atoms with Crippen molar-refractivity contribution in [1.82, 2.24) is 0 Å². The highest BCUT2D eigenvalue weighted by Gasteiger charge is 2.26. The number of hydrogen-bond donors (Lipinski definition) is 0. The third kappa shape index (κ3) is 3.10. The van der Waals surface area contributed by atoms with E-state index in [1.807, 2.05) is 0 Å². The minimum Gasteiger partial charge on any atom is -0.486 e. The van der Waals surface area contributed by atoms with Gasteiger partial charge in [-0.3, -0.25) is 14.4 Å². The van der Waals surface area contributed by atoms with E-state index in [0.29, 0.717) is 36.0 Å². The second-order valence-electron chi connectivity index (χ2n) is 5.51. The van der Waals surface area contributed by atoms with E-state index in [9.17, 15) is 18.5 Å². The van der Waals surface area contributed by atoms with Gasteiger partial charge < -0.3 is 9.47 Å². The highest BCUT2D eigenvalue weighted by molar-refractivity contribution is 7.92. The van der Waals surface area contributed by atoms with Gasteiger partial charge in [0.1, 0.15) is 13.2 Å². The number of nitrogens with zero attached hydrogens (tertiary/aromatic N) is 2. The fourth-order valence-electron chi connectivity index (χ4n) is 2.49. The molecule has 1 aliphatic rings. The summed E-state index contributed by atoms with van der Waals surface area (Å²) in [7, 11) is -2.58. The van der Waals surface area contributed by atoms with Crippen LogP contribution < -0.4 is 13.8 Å². The van der Waals surface area contributed by atoms with Crippen LogP contribution in [0.3, 0.4) is 0 Å². The SMILES string of the molecule is Cc1ccc([N+](=O)[O-])cc1S(=O)(=O)N(C)c1ccc2c(c1)OCCO2. The Balaban J connectivity index is 2.02. The quantitative estimate of drug-likeness (QED) is 0.610.